The average molecular weight is 314 g/mol. The van der Waals surface area contributed by atoms with Crippen molar-refractivity contribution in [2.24, 2.45) is 0 Å². The fourth-order valence-corrected chi connectivity index (χ4v) is 3.06. The summed E-state index contributed by atoms with van der Waals surface area (Å²) in [6, 6.07) is 28.4. The number of aliphatic hydroxyl groups excluding tert-OH is 1. The van der Waals surface area contributed by atoms with Crippen LogP contribution in [0, 0.1) is 0 Å². The molecule has 1 unspecified atom stereocenters. The van der Waals surface area contributed by atoms with Gasteiger partial charge in [0.2, 0.25) is 0 Å². The molecule has 4 rings (SSSR count). The van der Waals surface area contributed by atoms with E-state index in [4.69, 9.17) is 4.74 Å². The number of benzene rings is 4. The number of hydrogen-bond acceptors (Lipinski definition) is 2. The van der Waals surface area contributed by atoms with E-state index in [1.165, 1.54) is 10.8 Å². The minimum Gasteiger partial charge on any atom is -0.364 e. The minimum absolute atomic E-state index is 0.370. The normalized spacial score (nSPS) is 12.5. The minimum atomic E-state index is -0.942. The van der Waals surface area contributed by atoms with Gasteiger partial charge in [0.05, 0.1) is 6.61 Å². The Morgan fingerprint density at radius 3 is 2.29 bits per heavy atom. The second kappa shape index (κ2) is 6.44. The molecule has 0 radical (unpaired) electrons. The van der Waals surface area contributed by atoms with E-state index in [0.29, 0.717) is 6.61 Å². The maximum atomic E-state index is 10.5. The zero-order valence-electron chi connectivity index (χ0n) is 13.2. The summed E-state index contributed by atoms with van der Waals surface area (Å²) in [5.41, 5.74) is 1.85. The molecule has 0 aliphatic rings. The van der Waals surface area contributed by atoms with Gasteiger partial charge in [0, 0.05) is 5.56 Å². The predicted molar refractivity (Wildman–Crippen MR) is 97.6 cm³/mol. The molecule has 2 heteroatoms. The van der Waals surface area contributed by atoms with Crippen molar-refractivity contribution in [1.82, 2.24) is 0 Å². The summed E-state index contributed by atoms with van der Waals surface area (Å²) in [6.07, 6.45) is -0.942. The summed E-state index contributed by atoms with van der Waals surface area (Å²) in [7, 11) is 0. The zero-order valence-corrected chi connectivity index (χ0v) is 13.2. The number of hydrogen-bond donors (Lipinski definition) is 1. The number of ether oxygens (including phenoxy) is 1. The van der Waals surface area contributed by atoms with Crippen LogP contribution < -0.4 is 0 Å². The average Bonchev–Trinajstić information content (AvgIpc) is 2.65. The van der Waals surface area contributed by atoms with Gasteiger partial charge in [0.1, 0.15) is 0 Å². The summed E-state index contributed by atoms with van der Waals surface area (Å²) in [5, 5.41) is 15.0. The first-order valence-electron chi connectivity index (χ1n) is 8.06. The fourth-order valence-electron chi connectivity index (χ4n) is 3.06. The van der Waals surface area contributed by atoms with E-state index in [2.05, 4.69) is 24.3 Å². The summed E-state index contributed by atoms with van der Waals surface area (Å²) >= 11 is 0. The molecule has 0 saturated heterocycles. The van der Waals surface area contributed by atoms with E-state index in [1.54, 1.807) is 0 Å². The molecule has 0 saturated carbocycles. The van der Waals surface area contributed by atoms with Gasteiger partial charge in [-0.25, -0.2) is 0 Å². The quantitative estimate of drug-likeness (QED) is 0.525. The lowest BCUT2D eigenvalue weighted by Crippen LogP contribution is -2.04. The Labute approximate surface area is 140 Å². The van der Waals surface area contributed by atoms with E-state index in [9.17, 15) is 5.11 Å². The highest BCUT2D eigenvalue weighted by Gasteiger charge is 2.11. The second-order valence-electron chi connectivity index (χ2n) is 5.91. The number of aliphatic hydroxyl groups is 1. The smallest absolute Gasteiger partial charge is 0.182 e. The van der Waals surface area contributed by atoms with Crippen LogP contribution in [0.15, 0.2) is 84.9 Å². The number of rotatable bonds is 4. The highest BCUT2D eigenvalue weighted by molar-refractivity contribution is 5.86. The van der Waals surface area contributed by atoms with E-state index in [1.807, 2.05) is 60.7 Å². The van der Waals surface area contributed by atoms with Gasteiger partial charge in [-0.2, -0.15) is 0 Å². The molecule has 0 bridgehead atoms. The van der Waals surface area contributed by atoms with Crippen LogP contribution in [-0.2, 0) is 11.3 Å². The van der Waals surface area contributed by atoms with Gasteiger partial charge in [-0.05, 0) is 33.2 Å². The standard InChI is InChI=1S/C22H18O2/c23-22(21-11-5-9-18-7-3-4-10-20(18)21)24-15-16-12-13-17-6-1-2-8-19(17)14-16/h1-14,22-23H,15H2. The van der Waals surface area contributed by atoms with Gasteiger partial charge in [-0.15, -0.1) is 0 Å². The van der Waals surface area contributed by atoms with Gasteiger partial charge in [-0.3, -0.25) is 0 Å². The van der Waals surface area contributed by atoms with Crippen LogP contribution in [0.4, 0.5) is 0 Å². The van der Waals surface area contributed by atoms with Crippen molar-refractivity contribution < 1.29 is 9.84 Å². The van der Waals surface area contributed by atoms with Crippen LogP contribution in [-0.4, -0.2) is 5.11 Å². The molecule has 1 N–H and O–H groups in total. The molecule has 2 nitrogen and oxygen atoms in total. The molecule has 0 heterocycles. The maximum Gasteiger partial charge on any atom is 0.182 e. The van der Waals surface area contributed by atoms with Crippen LogP contribution >= 0.6 is 0 Å². The van der Waals surface area contributed by atoms with Gasteiger partial charge >= 0.3 is 0 Å². The SMILES string of the molecule is OC(OCc1ccc2ccccc2c1)c1cccc2ccccc12. The van der Waals surface area contributed by atoms with Crippen molar-refractivity contribution >= 4 is 21.5 Å². The third kappa shape index (κ3) is 2.90. The van der Waals surface area contributed by atoms with Gasteiger partial charge in [-0.1, -0.05) is 78.9 Å². The first-order chi connectivity index (χ1) is 11.8. The molecule has 4 aromatic rings. The summed E-state index contributed by atoms with van der Waals surface area (Å²) in [6.45, 7) is 0.370. The first kappa shape index (κ1) is 14.9. The summed E-state index contributed by atoms with van der Waals surface area (Å²) < 4.78 is 5.73. The monoisotopic (exact) mass is 314 g/mol. The van der Waals surface area contributed by atoms with Gasteiger partial charge in [0.25, 0.3) is 0 Å². The predicted octanol–water partition coefficient (Wildman–Crippen LogP) is 5.20. The lowest BCUT2D eigenvalue weighted by atomic mass is 10.0. The van der Waals surface area contributed by atoms with Crippen LogP contribution in [0.5, 0.6) is 0 Å². The molecule has 0 aliphatic heterocycles. The highest BCUT2D eigenvalue weighted by Crippen LogP contribution is 2.26. The molecule has 118 valence electrons. The van der Waals surface area contributed by atoms with Crippen molar-refractivity contribution in [3.05, 3.63) is 96.1 Å². The lowest BCUT2D eigenvalue weighted by Gasteiger charge is -2.15. The molecular formula is C22H18O2. The molecule has 0 amide bonds. The molecule has 0 aromatic heterocycles. The molecular weight excluding hydrogens is 296 g/mol. The third-order valence-corrected chi connectivity index (χ3v) is 4.31. The van der Waals surface area contributed by atoms with E-state index in [-0.39, 0.29) is 0 Å². The molecule has 24 heavy (non-hydrogen) atoms. The van der Waals surface area contributed by atoms with Gasteiger partial charge < -0.3 is 9.84 Å². The van der Waals surface area contributed by atoms with E-state index >= 15 is 0 Å². The van der Waals surface area contributed by atoms with Crippen molar-refractivity contribution in [2.75, 3.05) is 0 Å². The lowest BCUT2D eigenvalue weighted by molar-refractivity contribution is -0.111. The Kier molecular flexibility index (Phi) is 3.99. The van der Waals surface area contributed by atoms with Crippen molar-refractivity contribution in [1.29, 1.82) is 0 Å². The maximum absolute atomic E-state index is 10.5. The Hall–Kier alpha value is -2.68. The topological polar surface area (TPSA) is 29.5 Å². The molecule has 1 atom stereocenters. The van der Waals surface area contributed by atoms with Crippen LogP contribution in [0.1, 0.15) is 17.4 Å². The Morgan fingerprint density at radius 1 is 0.708 bits per heavy atom. The summed E-state index contributed by atoms with van der Waals surface area (Å²) in [5.74, 6) is 0. The zero-order chi connectivity index (χ0) is 16.4. The van der Waals surface area contributed by atoms with Crippen molar-refractivity contribution in [3.63, 3.8) is 0 Å². The van der Waals surface area contributed by atoms with Crippen LogP contribution in [0.25, 0.3) is 21.5 Å². The second-order valence-corrected chi connectivity index (χ2v) is 5.91. The van der Waals surface area contributed by atoms with Crippen LogP contribution in [0.3, 0.4) is 0 Å². The molecule has 0 aliphatic carbocycles. The van der Waals surface area contributed by atoms with Crippen molar-refractivity contribution in [2.45, 2.75) is 12.9 Å². The Bertz CT molecular complexity index is 986. The Morgan fingerprint density at radius 2 is 1.42 bits per heavy atom. The first-order valence-corrected chi connectivity index (χ1v) is 8.06. The third-order valence-electron chi connectivity index (χ3n) is 4.31. The van der Waals surface area contributed by atoms with Gasteiger partial charge in [0.15, 0.2) is 6.29 Å². The number of fused-ring (bicyclic) bond motifs is 2. The largest absolute Gasteiger partial charge is 0.364 e. The highest BCUT2D eigenvalue weighted by atomic mass is 16.6. The molecule has 4 aromatic carbocycles. The van der Waals surface area contributed by atoms with E-state index in [0.717, 1.165) is 21.9 Å². The van der Waals surface area contributed by atoms with Crippen molar-refractivity contribution in [3.8, 4) is 0 Å². The van der Waals surface area contributed by atoms with Crippen LogP contribution in [0.2, 0.25) is 0 Å². The molecule has 0 fully saturated rings. The Balaban J connectivity index is 1.55. The van der Waals surface area contributed by atoms with E-state index < -0.39 is 6.29 Å². The fraction of sp³-hybridized carbons (Fsp3) is 0.0909. The summed E-state index contributed by atoms with van der Waals surface area (Å²) in [4.78, 5) is 0. The molecule has 0 spiro atoms.